The molecule has 0 spiro atoms. The molecule has 0 aliphatic carbocycles. The fraction of sp³-hybridized carbons (Fsp3) is 0.875. The van der Waals surface area contributed by atoms with E-state index in [4.69, 9.17) is 0 Å². The second kappa shape index (κ2) is 6.58. The van der Waals surface area contributed by atoms with Gasteiger partial charge in [0.2, 0.25) is 0 Å². The van der Waals surface area contributed by atoms with Crippen LogP contribution in [0.5, 0.6) is 0 Å². The second-order valence-electron chi connectivity index (χ2n) is 5.90. The lowest BCUT2D eigenvalue weighted by atomic mass is 9.73. The van der Waals surface area contributed by atoms with Crippen LogP contribution in [0.4, 0.5) is 0 Å². The third-order valence-corrected chi connectivity index (χ3v) is 4.81. The van der Waals surface area contributed by atoms with Gasteiger partial charge >= 0.3 is 0 Å². The van der Waals surface area contributed by atoms with Crippen LogP contribution < -0.4 is 0 Å². The Balaban J connectivity index is 2.66. The predicted octanol–water partition coefficient (Wildman–Crippen LogP) is 4.63. The molecule has 1 aliphatic heterocycles. The van der Waals surface area contributed by atoms with Crippen molar-refractivity contribution in [3.05, 3.63) is 11.6 Å². The molecule has 0 fully saturated rings. The van der Waals surface area contributed by atoms with Crippen molar-refractivity contribution in [2.75, 3.05) is 13.1 Å². The summed E-state index contributed by atoms with van der Waals surface area (Å²) in [6.45, 7) is 14.2. The average Bonchev–Trinajstić information content (AvgIpc) is 2.38. The van der Waals surface area contributed by atoms with Gasteiger partial charge in [0.15, 0.2) is 0 Å². The molecule has 0 radical (unpaired) electrons. The molecule has 1 rings (SSSR count). The van der Waals surface area contributed by atoms with E-state index in [-0.39, 0.29) is 0 Å². The van der Waals surface area contributed by atoms with Crippen LogP contribution in [0, 0.1) is 5.41 Å². The highest BCUT2D eigenvalue weighted by Gasteiger charge is 2.28. The first kappa shape index (κ1) is 14.8. The quantitative estimate of drug-likeness (QED) is 0.609. The zero-order valence-electron chi connectivity index (χ0n) is 12.6. The Morgan fingerprint density at radius 2 is 2.06 bits per heavy atom. The smallest absolute Gasteiger partial charge is 0.0168 e. The Morgan fingerprint density at radius 3 is 2.47 bits per heavy atom. The fourth-order valence-corrected chi connectivity index (χ4v) is 3.01. The van der Waals surface area contributed by atoms with Crippen LogP contribution >= 0.6 is 0 Å². The van der Waals surface area contributed by atoms with Crippen molar-refractivity contribution in [3.63, 3.8) is 0 Å². The normalized spacial score (nSPS) is 23.0. The summed E-state index contributed by atoms with van der Waals surface area (Å²) < 4.78 is 0. The molecule has 0 saturated heterocycles. The van der Waals surface area contributed by atoms with Gasteiger partial charge in [0.05, 0.1) is 0 Å². The number of nitrogens with zero attached hydrogens (tertiary/aromatic N) is 1. The van der Waals surface area contributed by atoms with Gasteiger partial charge in [-0.25, -0.2) is 0 Å². The van der Waals surface area contributed by atoms with Gasteiger partial charge in [0.1, 0.15) is 0 Å². The summed E-state index contributed by atoms with van der Waals surface area (Å²) in [6, 6.07) is 0.742. The lowest BCUT2D eigenvalue weighted by Gasteiger charge is -2.38. The Labute approximate surface area is 108 Å². The van der Waals surface area contributed by atoms with E-state index in [0.29, 0.717) is 5.41 Å². The highest BCUT2D eigenvalue weighted by molar-refractivity contribution is 5.17. The molecule has 0 aromatic heterocycles. The van der Waals surface area contributed by atoms with E-state index in [0.717, 1.165) is 6.04 Å². The third-order valence-electron chi connectivity index (χ3n) is 4.81. The van der Waals surface area contributed by atoms with Crippen molar-refractivity contribution in [1.29, 1.82) is 0 Å². The summed E-state index contributed by atoms with van der Waals surface area (Å²) in [4.78, 5) is 2.62. The molecule has 100 valence electrons. The van der Waals surface area contributed by atoms with E-state index in [1.165, 1.54) is 45.2 Å². The fourth-order valence-electron chi connectivity index (χ4n) is 3.01. The van der Waals surface area contributed by atoms with Crippen LogP contribution in [0.3, 0.4) is 0 Å². The zero-order chi connectivity index (χ0) is 12.9. The minimum Gasteiger partial charge on any atom is -0.297 e. The maximum absolute atomic E-state index is 2.62. The van der Waals surface area contributed by atoms with Gasteiger partial charge in [-0.05, 0) is 38.0 Å². The Kier molecular flexibility index (Phi) is 5.72. The summed E-state index contributed by atoms with van der Waals surface area (Å²) in [6.07, 6.45) is 9.01. The highest BCUT2D eigenvalue weighted by atomic mass is 15.1. The molecular weight excluding hydrogens is 206 g/mol. The Morgan fingerprint density at radius 1 is 1.35 bits per heavy atom. The molecule has 17 heavy (non-hydrogen) atoms. The third kappa shape index (κ3) is 3.58. The summed E-state index contributed by atoms with van der Waals surface area (Å²) in [5.74, 6) is 0. The van der Waals surface area contributed by atoms with Crippen molar-refractivity contribution < 1.29 is 0 Å². The van der Waals surface area contributed by atoms with Crippen LogP contribution in [-0.2, 0) is 0 Å². The highest BCUT2D eigenvalue weighted by Crippen LogP contribution is 2.39. The van der Waals surface area contributed by atoms with E-state index >= 15 is 0 Å². The van der Waals surface area contributed by atoms with E-state index < -0.39 is 0 Å². The van der Waals surface area contributed by atoms with Gasteiger partial charge in [-0.1, -0.05) is 45.8 Å². The molecule has 0 aromatic carbocycles. The molecular formula is C16H31N. The van der Waals surface area contributed by atoms with Gasteiger partial charge in [0.25, 0.3) is 0 Å². The second-order valence-corrected chi connectivity index (χ2v) is 5.90. The summed E-state index contributed by atoms with van der Waals surface area (Å²) in [7, 11) is 0. The van der Waals surface area contributed by atoms with Gasteiger partial charge in [-0.3, -0.25) is 4.90 Å². The molecule has 1 heteroatoms. The predicted molar refractivity (Wildman–Crippen MR) is 77.3 cm³/mol. The first-order valence-corrected chi connectivity index (χ1v) is 7.51. The van der Waals surface area contributed by atoms with Gasteiger partial charge in [-0.2, -0.15) is 0 Å². The van der Waals surface area contributed by atoms with E-state index in [1.807, 2.05) is 0 Å². The van der Waals surface area contributed by atoms with Gasteiger partial charge in [-0.15, -0.1) is 0 Å². The molecule has 1 aliphatic rings. The Bertz CT molecular complexity index is 256. The maximum Gasteiger partial charge on any atom is 0.0168 e. The van der Waals surface area contributed by atoms with E-state index in [1.54, 1.807) is 5.57 Å². The van der Waals surface area contributed by atoms with Crippen molar-refractivity contribution in [1.82, 2.24) is 4.90 Å². The monoisotopic (exact) mass is 237 g/mol. The SMILES string of the molecule is CCCC(C)(CC)C1=CCN(C(C)CC)CC1. The first-order valence-electron chi connectivity index (χ1n) is 7.51. The molecule has 0 aromatic rings. The molecule has 2 unspecified atom stereocenters. The molecule has 1 heterocycles. The first-order chi connectivity index (χ1) is 8.07. The number of hydrogen-bond acceptors (Lipinski definition) is 1. The van der Waals surface area contributed by atoms with Crippen molar-refractivity contribution in [2.24, 2.45) is 5.41 Å². The van der Waals surface area contributed by atoms with Crippen LogP contribution in [0.15, 0.2) is 11.6 Å². The van der Waals surface area contributed by atoms with Crippen LogP contribution in [0.1, 0.15) is 66.7 Å². The molecule has 2 atom stereocenters. The topological polar surface area (TPSA) is 3.24 Å². The van der Waals surface area contributed by atoms with Crippen molar-refractivity contribution >= 4 is 0 Å². The molecule has 0 bridgehead atoms. The minimum atomic E-state index is 0.469. The van der Waals surface area contributed by atoms with E-state index in [9.17, 15) is 0 Å². The maximum atomic E-state index is 2.62. The summed E-state index contributed by atoms with van der Waals surface area (Å²) >= 11 is 0. The van der Waals surface area contributed by atoms with Crippen molar-refractivity contribution in [2.45, 2.75) is 72.8 Å². The van der Waals surface area contributed by atoms with E-state index in [2.05, 4.69) is 45.6 Å². The average molecular weight is 237 g/mol. The lowest BCUT2D eigenvalue weighted by Crippen LogP contribution is -2.38. The summed E-state index contributed by atoms with van der Waals surface area (Å²) in [5, 5.41) is 0. The van der Waals surface area contributed by atoms with Crippen LogP contribution in [0.2, 0.25) is 0 Å². The standard InChI is InChI=1S/C16H31N/c1-6-11-16(5,8-3)15-9-12-17(13-10-15)14(4)7-2/h9,14H,6-8,10-13H2,1-5H3. The largest absolute Gasteiger partial charge is 0.297 e. The van der Waals surface area contributed by atoms with Gasteiger partial charge < -0.3 is 0 Å². The van der Waals surface area contributed by atoms with Crippen molar-refractivity contribution in [3.8, 4) is 0 Å². The lowest BCUT2D eigenvalue weighted by molar-refractivity contribution is 0.204. The van der Waals surface area contributed by atoms with Crippen LogP contribution in [0.25, 0.3) is 0 Å². The number of rotatable bonds is 6. The molecule has 0 amide bonds. The van der Waals surface area contributed by atoms with Gasteiger partial charge in [0, 0.05) is 19.1 Å². The Hall–Kier alpha value is -0.300. The van der Waals surface area contributed by atoms with Crippen LogP contribution in [-0.4, -0.2) is 24.0 Å². The minimum absolute atomic E-state index is 0.469. The zero-order valence-corrected chi connectivity index (χ0v) is 12.6. The number of hydrogen-bond donors (Lipinski definition) is 0. The summed E-state index contributed by atoms with van der Waals surface area (Å²) in [5.41, 5.74) is 2.19. The molecule has 0 N–H and O–H groups in total. The molecule has 0 saturated carbocycles. The molecule has 1 nitrogen and oxygen atoms in total.